The molecule has 27 atom stereocenters. The average Bonchev–Trinajstić information content (AvgIpc) is 1.73. The molecule has 19 heteroatoms. The van der Waals surface area contributed by atoms with Crippen molar-refractivity contribution in [1.82, 2.24) is 0 Å². The normalized spacial score (nSPS) is 48.2. The average molecular weight is 1160 g/mol. The second-order valence-electron chi connectivity index (χ2n) is 25.7. The molecule has 2 aromatic carbocycles. The Bertz CT molecular complexity index is 2360. The summed E-state index contributed by atoms with van der Waals surface area (Å²) in [6.07, 6.45) is -6.94. The molecular formula is C63H96O19. The first-order valence-corrected chi connectivity index (χ1v) is 30.3. The summed E-state index contributed by atoms with van der Waals surface area (Å²) in [5.74, 6) is -0.115. The summed E-state index contributed by atoms with van der Waals surface area (Å²) >= 11 is 0. The van der Waals surface area contributed by atoms with Crippen LogP contribution < -0.4 is 0 Å². The first-order chi connectivity index (χ1) is 39.1. The smallest absolute Gasteiger partial charge is 0.187 e. The molecule has 8 aliphatic rings. The number of fused-ring (bicyclic) bond motifs is 5. The van der Waals surface area contributed by atoms with Crippen LogP contribution in [0.1, 0.15) is 130 Å². The molecule has 0 amide bonds. The quantitative estimate of drug-likeness (QED) is 0.0977. The van der Waals surface area contributed by atoms with Gasteiger partial charge in [-0.1, -0.05) is 74.5 Å². The maximum Gasteiger partial charge on any atom is 0.187 e. The fourth-order valence-corrected chi connectivity index (χ4v) is 16.6. The van der Waals surface area contributed by atoms with Gasteiger partial charge in [0.2, 0.25) is 0 Å². The number of hydrogen-bond donors (Lipinski definition) is 5. The Balaban J connectivity index is 0.751. The van der Waals surface area contributed by atoms with E-state index >= 15 is 0 Å². The fraction of sp³-hybridized carbons (Fsp3) is 0.810. The third kappa shape index (κ3) is 11.5. The lowest BCUT2D eigenvalue weighted by Gasteiger charge is -2.69. The van der Waals surface area contributed by atoms with Gasteiger partial charge in [0.15, 0.2) is 25.2 Å². The molecule has 10 rings (SSSR count). The third-order valence-electron chi connectivity index (χ3n) is 21.6. The van der Waals surface area contributed by atoms with Crippen LogP contribution in [0.3, 0.4) is 0 Å². The SMILES string of the molecule is CO[C@@H]1[C@@H](O)[C@H](O[C@@H]2[C@@H](C)O[C@@H](O[C@H]3[C@@H](OC)C[C@H](O[C@H]4[C@@H](OC)C[C@H](O[C@H]5CC[C@@]6(C)[C@@H](CC[C@]7(O)[C@@H]6C[C@@H](OCc6ccccc6)[C@@]6(C)[C@]7(O)CC[C@@]6(O)C(C)OCc6ccccc6)C5)O[C@@H]4C)O[C@@H]3C)C[C@H]2OC)O[C@H](C)[C@H]1O. The fourth-order valence-electron chi connectivity index (χ4n) is 16.6. The van der Waals surface area contributed by atoms with Crippen LogP contribution in [0.4, 0.5) is 0 Å². The van der Waals surface area contributed by atoms with Gasteiger partial charge in [0.1, 0.15) is 47.8 Å². The summed E-state index contributed by atoms with van der Waals surface area (Å²) in [5, 5.41) is 61.4. The van der Waals surface area contributed by atoms with Gasteiger partial charge in [-0.2, -0.15) is 0 Å². The molecule has 82 heavy (non-hydrogen) atoms. The number of ether oxygens (including phenoxy) is 14. The van der Waals surface area contributed by atoms with Crippen LogP contribution in [-0.4, -0.2) is 194 Å². The number of aliphatic hydroxyl groups is 5. The summed E-state index contributed by atoms with van der Waals surface area (Å²) in [6, 6.07) is 19.9. The molecule has 2 aromatic rings. The Morgan fingerprint density at radius 3 is 1.61 bits per heavy atom. The van der Waals surface area contributed by atoms with Crippen molar-refractivity contribution in [2.24, 2.45) is 22.7 Å². The first-order valence-electron chi connectivity index (χ1n) is 30.3. The van der Waals surface area contributed by atoms with Crippen molar-refractivity contribution in [2.45, 2.75) is 272 Å². The summed E-state index contributed by atoms with van der Waals surface area (Å²) in [5.41, 5.74) is -4.27. The molecule has 4 saturated carbocycles. The van der Waals surface area contributed by atoms with Gasteiger partial charge >= 0.3 is 0 Å². The Hall–Kier alpha value is -2.32. The van der Waals surface area contributed by atoms with Crippen molar-refractivity contribution in [2.75, 3.05) is 28.4 Å². The predicted octanol–water partition coefficient (Wildman–Crippen LogP) is 6.26. The highest BCUT2D eigenvalue weighted by atomic mass is 16.8. The van der Waals surface area contributed by atoms with E-state index in [1.807, 2.05) is 95.3 Å². The van der Waals surface area contributed by atoms with Crippen molar-refractivity contribution in [1.29, 1.82) is 0 Å². The maximum absolute atomic E-state index is 13.5. The summed E-state index contributed by atoms with van der Waals surface area (Å²) in [7, 11) is 6.34. The van der Waals surface area contributed by atoms with Gasteiger partial charge in [-0.05, 0) is 114 Å². The van der Waals surface area contributed by atoms with Gasteiger partial charge in [-0.3, -0.25) is 0 Å². The molecule has 19 nitrogen and oxygen atoms in total. The second-order valence-corrected chi connectivity index (χ2v) is 25.7. The molecule has 0 spiro atoms. The number of benzene rings is 2. The van der Waals surface area contributed by atoms with Crippen LogP contribution in [0.15, 0.2) is 60.7 Å². The molecule has 0 radical (unpaired) electrons. The Labute approximate surface area is 485 Å². The van der Waals surface area contributed by atoms with Crippen molar-refractivity contribution in [3.63, 3.8) is 0 Å². The van der Waals surface area contributed by atoms with E-state index in [-0.39, 0.29) is 42.3 Å². The minimum Gasteiger partial charge on any atom is -0.388 e. The van der Waals surface area contributed by atoms with Crippen molar-refractivity contribution in [3.05, 3.63) is 71.8 Å². The molecule has 0 aromatic heterocycles. The van der Waals surface area contributed by atoms with Gasteiger partial charge in [-0.15, -0.1) is 0 Å². The van der Waals surface area contributed by atoms with Crippen LogP contribution in [-0.2, 0) is 79.5 Å². The van der Waals surface area contributed by atoms with E-state index in [0.717, 1.165) is 30.4 Å². The number of methoxy groups -OCH3 is 4. The second kappa shape index (κ2) is 25.4. The van der Waals surface area contributed by atoms with Crippen LogP contribution >= 0.6 is 0 Å². The molecular weight excluding hydrogens is 1060 g/mol. The summed E-state index contributed by atoms with van der Waals surface area (Å²) < 4.78 is 88.9. The predicted molar refractivity (Wildman–Crippen MR) is 297 cm³/mol. The lowest BCUT2D eigenvalue weighted by atomic mass is 9.40. The minimum atomic E-state index is -1.66. The van der Waals surface area contributed by atoms with Crippen molar-refractivity contribution >= 4 is 0 Å². The zero-order valence-corrected chi connectivity index (χ0v) is 50.1. The van der Waals surface area contributed by atoms with E-state index in [1.165, 1.54) is 7.11 Å². The summed E-state index contributed by atoms with van der Waals surface area (Å²) in [4.78, 5) is 0. The molecule has 8 fully saturated rings. The monoisotopic (exact) mass is 1160 g/mol. The van der Waals surface area contributed by atoms with Crippen LogP contribution in [0, 0.1) is 22.7 Å². The Morgan fingerprint density at radius 2 is 1.07 bits per heavy atom. The first kappa shape index (κ1) is 62.7. The molecule has 4 aliphatic carbocycles. The third-order valence-corrected chi connectivity index (χ3v) is 21.6. The highest BCUT2D eigenvalue weighted by molar-refractivity contribution is 5.31. The Morgan fingerprint density at radius 1 is 0.549 bits per heavy atom. The van der Waals surface area contributed by atoms with Crippen LogP contribution in [0.2, 0.25) is 0 Å². The van der Waals surface area contributed by atoms with E-state index < -0.39 is 133 Å². The molecule has 4 saturated heterocycles. The van der Waals surface area contributed by atoms with Gasteiger partial charge in [0.05, 0.1) is 85.3 Å². The summed E-state index contributed by atoms with van der Waals surface area (Å²) in [6.45, 7) is 14.2. The van der Waals surface area contributed by atoms with E-state index in [0.29, 0.717) is 51.7 Å². The zero-order chi connectivity index (χ0) is 58.5. The van der Waals surface area contributed by atoms with Crippen LogP contribution in [0.5, 0.6) is 0 Å². The van der Waals surface area contributed by atoms with Crippen LogP contribution in [0.25, 0.3) is 0 Å². The van der Waals surface area contributed by atoms with E-state index in [9.17, 15) is 25.5 Å². The molecule has 462 valence electrons. The highest BCUT2D eigenvalue weighted by Gasteiger charge is 2.81. The van der Waals surface area contributed by atoms with E-state index in [4.69, 9.17) is 66.3 Å². The van der Waals surface area contributed by atoms with Gasteiger partial charge in [0, 0.05) is 47.7 Å². The number of aliphatic hydroxyl groups excluding tert-OH is 2. The lowest BCUT2D eigenvalue weighted by Crippen LogP contribution is -2.79. The van der Waals surface area contributed by atoms with Gasteiger partial charge < -0.3 is 91.8 Å². The van der Waals surface area contributed by atoms with Gasteiger partial charge in [0.25, 0.3) is 0 Å². The van der Waals surface area contributed by atoms with Crippen molar-refractivity contribution < 1.29 is 91.8 Å². The van der Waals surface area contributed by atoms with Gasteiger partial charge in [-0.25, -0.2) is 0 Å². The molecule has 1 unspecified atom stereocenters. The topological polar surface area (TPSA) is 230 Å². The molecule has 5 N–H and O–H groups in total. The standard InChI is InChI=1S/C63H96O19/c1-35-52(64)57(72-11)53(65)58(78-35)82-56-38(4)77-51(31-46(56)71-10)81-55-37(3)76-50(30-45(55)70-9)80-54-36(2)75-49(29-44(54)69-8)79-43-23-24-59(6)42(28-43)22-25-62(67)47(59)32-48(74-34-41-20-16-13-17-21-41)60(7)61(66,26-27-63(60,62)68)39(5)73-33-40-18-14-12-15-19-40/h12-21,35-39,42-58,64-68H,22-34H2,1-11H3/t35-,36-,37-,38-,39?,42+,43+,44+,45+,46-,47-,48-,49+,50+,51+,52-,53-,54-,55-,56-,57+,58+,59+,60-,61-,62+,63-/m1/s1. The van der Waals surface area contributed by atoms with Crippen molar-refractivity contribution in [3.8, 4) is 0 Å². The lowest BCUT2D eigenvalue weighted by molar-refractivity contribution is -0.357. The number of hydrogen-bond acceptors (Lipinski definition) is 19. The zero-order valence-electron chi connectivity index (χ0n) is 50.1. The number of rotatable bonds is 19. The molecule has 4 heterocycles. The largest absolute Gasteiger partial charge is 0.388 e. The van der Waals surface area contributed by atoms with E-state index in [2.05, 4.69) is 6.92 Å². The molecule has 0 bridgehead atoms. The van der Waals surface area contributed by atoms with E-state index in [1.54, 1.807) is 28.3 Å². The Kier molecular flexibility index (Phi) is 19.4. The maximum atomic E-state index is 13.5. The highest BCUT2D eigenvalue weighted by Crippen LogP contribution is 2.72. The molecule has 4 aliphatic heterocycles. The minimum absolute atomic E-state index is 0.102.